The molecule has 3 heterocycles. The molecule has 1 N–H and O–H groups in total. The number of nitrogens with one attached hydrogen (secondary N) is 1. The van der Waals surface area contributed by atoms with Gasteiger partial charge >= 0.3 is 0 Å². The van der Waals surface area contributed by atoms with Gasteiger partial charge in [-0.15, -0.1) is 16.4 Å². The molecule has 0 radical (unpaired) electrons. The highest BCUT2D eigenvalue weighted by Gasteiger charge is 2.24. The van der Waals surface area contributed by atoms with E-state index in [0.717, 1.165) is 50.3 Å². The summed E-state index contributed by atoms with van der Waals surface area (Å²) < 4.78 is 1.88. The van der Waals surface area contributed by atoms with Crippen LogP contribution >= 0.6 is 11.3 Å². The van der Waals surface area contributed by atoms with Gasteiger partial charge in [-0.05, 0) is 50.6 Å². The molecule has 1 atom stereocenters. The van der Waals surface area contributed by atoms with Crippen molar-refractivity contribution in [3.8, 4) is 6.07 Å². The summed E-state index contributed by atoms with van der Waals surface area (Å²) in [7, 11) is 0. The summed E-state index contributed by atoms with van der Waals surface area (Å²) in [4.78, 5) is 16.4. The first kappa shape index (κ1) is 20.0. The van der Waals surface area contributed by atoms with Gasteiger partial charge in [-0.25, -0.2) is 0 Å². The van der Waals surface area contributed by atoms with E-state index in [1.807, 2.05) is 10.9 Å². The van der Waals surface area contributed by atoms with Crippen LogP contribution in [-0.2, 0) is 24.2 Å². The van der Waals surface area contributed by atoms with Crippen LogP contribution in [0.3, 0.4) is 0 Å². The van der Waals surface area contributed by atoms with Crippen molar-refractivity contribution in [1.82, 2.24) is 19.9 Å². The van der Waals surface area contributed by atoms with E-state index < -0.39 is 0 Å². The molecule has 2 aromatic rings. The maximum atomic E-state index is 12.7. The number of carbonyl (C=O) groups excluding carboxylic acids is 1. The van der Waals surface area contributed by atoms with Crippen molar-refractivity contribution in [1.29, 1.82) is 5.26 Å². The molecule has 8 heteroatoms. The molecule has 0 spiro atoms. The third-order valence-electron chi connectivity index (χ3n) is 6.03. The summed E-state index contributed by atoms with van der Waals surface area (Å²) in [5, 5.41) is 21.4. The van der Waals surface area contributed by atoms with E-state index in [9.17, 15) is 10.1 Å². The molecule has 1 saturated heterocycles. The molecule has 2 aliphatic rings. The van der Waals surface area contributed by atoms with Gasteiger partial charge in [0.25, 0.3) is 0 Å². The quantitative estimate of drug-likeness (QED) is 0.735. The zero-order chi connectivity index (χ0) is 20.1. The van der Waals surface area contributed by atoms with Crippen LogP contribution in [0, 0.1) is 11.3 Å². The highest BCUT2D eigenvalue weighted by Crippen LogP contribution is 2.37. The second-order valence-electron chi connectivity index (χ2n) is 7.99. The second kappa shape index (κ2) is 9.51. The number of hydrogen-bond donors (Lipinski definition) is 1. The van der Waals surface area contributed by atoms with Crippen molar-refractivity contribution in [3.05, 3.63) is 28.4 Å². The third kappa shape index (κ3) is 4.85. The standard InChI is InChI=1S/C21H28N6OS/c22-14-18-17-7-2-1-3-8-19(17)29-21(18)24-20(28)9-12-26-11-5-4-6-16(26)15-27-13-10-23-25-27/h10,13,16H,1-9,11-12,15H2,(H,24,28)/t16-/m0/s1. The van der Waals surface area contributed by atoms with E-state index in [-0.39, 0.29) is 5.91 Å². The van der Waals surface area contributed by atoms with E-state index in [1.165, 1.54) is 36.1 Å². The number of aryl methyl sites for hydroxylation is 1. The molecule has 154 valence electrons. The number of nitrogens with zero attached hydrogens (tertiary/aromatic N) is 5. The van der Waals surface area contributed by atoms with E-state index in [0.29, 0.717) is 18.0 Å². The first-order chi connectivity index (χ1) is 14.2. The molecule has 0 aromatic carbocycles. The summed E-state index contributed by atoms with van der Waals surface area (Å²) >= 11 is 1.61. The summed E-state index contributed by atoms with van der Waals surface area (Å²) in [6, 6.07) is 2.74. The largest absolute Gasteiger partial charge is 0.317 e. The van der Waals surface area contributed by atoms with Crippen molar-refractivity contribution in [3.63, 3.8) is 0 Å². The molecule has 0 saturated carbocycles. The fraction of sp³-hybridized carbons (Fsp3) is 0.619. The summed E-state index contributed by atoms with van der Waals surface area (Å²) in [6.07, 6.45) is 13.1. The molecule has 7 nitrogen and oxygen atoms in total. The van der Waals surface area contributed by atoms with Crippen LogP contribution < -0.4 is 5.32 Å². The number of piperidine rings is 1. The number of amides is 1. The average molecular weight is 413 g/mol. The monoisotopic (exact) mass is 412 g/mol. The van der Waals surface area contributed by atoms with Crippen LogP contribution in [0.1, 0.15) is 60.9 Å². The van der Waals surface area contributed by atoms with Crippen molar-refractivity contribution in [2.75, 3.05) is 18.4 Å². The summed E-state index contributed by atoms with van der Waals surface area (Å²) in [6.45, 7) is 2.57. The highest BCUT2D eigenvalue weighted by molar-refractivity contribution is 7.16. The van der Waals surface area contributed by atoms with Gasteiger partial charge in [-0.3, -0.25) is 14.4 Å². The first-order valence-corrected chi connectivity index (χ1v) is 11.5. The molecular formula is C21H28N6OS. The highest BCUT2D eigenvalue weighted by atomic mass is 32.1. The first-order valence-electron chi connectivity index (χ1n) is 10.7. The van der Waals surface area contributed by atoms with Crippen molar-refractivity contribution >= 4 is 22.2 Å². The lowest BCUT2D eigenvalue weighted by Gasteiger charge is -2.35. The van der Waals surface area contributed by atoms with Gasteiger partial charge in [-0.2, -0.15) is 5.26 Å². The minimum Gasteiger partial charge on any atom is -0.317 e. The molecule has 29 heavy (non-hydrogen) atoms. The lowest BCUT2D eigenvalue weighted by atomic mass is 10.0. The maximum Gasteiger partial charge on any atom is 0.226 e. The van der Waals surface area contributed by atoms with E-state index in [2.05, 4.69) is 26.6 Å². The predicted octanol–water partition coefficient (Wildman–Crippen LogP) is 3.36. The number of nitriles is 1. The number of likely N-dealkylation sites (tertiary alicyclic amines) is 1. The number of aromatic nitrogens is 3. The van der Waals surface area contributed by atoms with Crippen LogP contribution in [0.4, 0.5) is 5.00 Å². The molecule has 4 rings (SSSR count). The Kier molecular flexibility index (Phi) is 6.57. The number of anilines is 1. The lowest BCUT2D eigenvalue weighted by Crippen LogP contribution is -2.43. The minimum atomic E-state index is 0.00277. The third-order valence-corrected chi connectivity index (χ3v) is 7.24. The van der Waals surface area contributed by atoms with E-state index >= 15 is 0 Å². The summed E-state index contributed by atoms with van der Waals surface area (Å²) in [5.74, 6) is 0.00277. The van der Waals surface area contributed by atoms with Crippen LogP contribution in [0.15, 0.2) is 12.4 Å². The van der Waals surface area contributed by atoms with Gasteiger partial charge < -0.3 is 5.32 Å². The molecule has 1 aliphatic heterocycles. The average Bonchev–Trinajstić information content (AvgIpc) is 3.28. The van der Waals surface area contributed by atoms with Crippen molar-refractivity contribution in [2.24, 2.45) is 0 Å². The lowest BCUT2D eigenvalue weighted by molar-refractivity contribution is -0.116. The number of rotatable bonds is 6. The number of hydrogen-bond acceptors (Lipinski definition) is 6. The number of thiophene rings is 1. The molecule has 1 fully saturated rings. The predicted molar refractivity (Wildman–Crippen MR) is 113 cm³/mol. The van der Waals surface area contributed by atoms with Crippen LogP contribution in [0.25, 0.3) is 0 Å². The van der Waals surface area contributed by atoms with Gasteiger partial charge in [0.2, 0.25) is 5.91 Å². The van der Waals surface area contributed by atoms with Gasteiger partial charge in [0.1, 0.15) is 11.1 Å². The Morgan fingerprint density at radius 3 is 3.00 bits per heavy atom. The fourth-order valence-corrected chi connectivity index (χ4v) is 5.75. The zero-order valence-corrected chi connectivity index (χ0v) is 17.6. The van der Waals surface area contributed by atoms with Gasteiger partial charge in [0.05, 0.1) is 18.3 Å². The minimum absolute atomic E-state index is 0.00277. The van der Waals surface area contributed by atoms with E-state index in [4.69, 9.17) is 0 Å². The van der Waals surface area contributed by atoms with Crippen LogP contribution in [0.2, 0.25) is 0 Å². The molecule has 2 aromatic heterocycles. The topological polar surface area (TPSA) is 86.8 Å². The van der Waals surface area contributed by atoms with Crippen LogP contribution in [-0.4, -0.2) is 44.9 Å². The number of carbonyl (C=O) groups is 1. The van der Waals surface area contributed by atoms with Crippen molar-refractivity contribution in [2.45, 2.75) is 70.4 Å². The molecule has 1 amide bonds. The van der Waals surface area contributed by atoms with E-state index in [1.54, 1.807) is 17.5 Å². The Labute approximate surface area is 175 Å². The Bertz CT molecular complexity index is 869. The molecule has 0 unspecified atom stereocenters. The molecule has 0 bridgehead atoms. The van der Waals surface area contributed by atoms with Gasteiger partial charge in [0.15, 0.2) is 0 Å². The maximum absolute atomic E-state index is 12.7. The fourth-order valence-electron chi connectivity index (χ4n) is 4.49. The normalized spacial score (nSPS) is 19.9. The van der Waals surface area contributed by atoms with Gasteiger partial charge in [0, 0.05) is 30.1 Å². The molecular weight excluding hydrogens is 384 g/mol. The number of fused-ring (bicyclic) bond motifs is 1. The van der Waals surface area contributed by atoms with Crippen molar-refractivity contribution < 1.29 is 4.79 Å². The Balaban J connectivity index is 1.35. The Morgan fingerprint density at radius 2 is 2.17 bits per heavy atom. The molecule has 1 aliphatic carbocycles. The second-order valence-corrected chi connectivity index (χ2v) is 9.09. The van der Waals surface area contributed by atoms with Gasteiger partial charge in [-0.1, -0.05) is 18.1 Å². The summed E-state index contributed by atoms with van der Waals surface area (Å²) in [5.41, 5.74) is 1.87. The smallest absolute Gasteiger partial charge is 0.226 e. The SMILES string of the molecule is N#Cc1c(NC(=O)CCN2CCCC[C@H]2Cn2ccnn2)sc2c1CCCCC2. The Hall–Kier alpha value is -2.24. The Morgan fingerprint density at radius 1 is 1.28 bits per heavy atom. The zero-order valence-electron chi connectivity index (χ0n) is 16.8. The van der Waals surface area contributed by atoms with Crippen LogP contribution in [0.5, 0.6) is 0 Å².